The summed E-state index contributed by atoms with van der Waals surface area (Å²) in [5, 5.41) is 10.7. The van der Waals surface area contributed by atoms with Gasteiger partial charge in [0.25, 0.3) is 0 Å². The Morgan fingerprint density at radius 1 is 1.38 bits per heavy atom. The summed E-state index contributed by atoms with van der Waals surface area (Å²) in [4.78, 5) is 12.0. The van der Waals surface area contributed by atoms with Gasteiger partial charge in [-0.2, -0.15) is 0 Å². The van der Waals surface area contributed by atoms with Gasteiger partial charge >= 0.3 is 5.97 Å². The lowest BCUT2D eigenvalue weighted by Gasteiger charge is -2.01. The maximum absolute atomic E-state index is 10.9. The predicted molar refractivity (Wildman–Crippen MR) is 98.1 cm³/mol. The number of aliphatic carboxylic acids is 1. The molecular formula is C19H21NO3S. The van der Waals surface area contributed by atoms with Crippen molar-refractivity contribution in [2.45, 2.75) is 24.7 Å². The normalized spacial score (nSPS) is 12.4. The van der Waals surface area contributed by atoms with Gasteiger partial charge < -0.3 is 9.84 Å². The quantitative estimate of drug-likeness (QED) is 0.786. The molecule has 0 unspecified atom stereocenters. The average molecular weight is 343 g/mol. The van der Waals surface area contributed by atoms with Crippen LogP contribution >= 0.6 is 11.9 Å². The largest absolute Gasteiger partial charge is 0.497 e. The zero-order chi connectivity index (χ0) is 17.5. The molecule has 0 bridgehead atoms. The monoisotopic (exact) mass is 343 g/mol. The topological polar surface area (TPSA) is 51.5 Å². The summed E-state index contributed by atoms with van der Waals surface area (Å²) in [6, 6.07) is 9.98. The highest BCUT2D eigenvalue weighted by Gasteiger charge is 2.08. The van der Waals surface area contributed by atoms with Gasteiger partial charge in [-0.3, -0.25) is 8.77 Å². The molecular weight excluding hydrogens is 322 g/mol. The van der Waals surface area contributed by atoms with E-state index in [0.717, 1.165) is 26.8 Å². The van der Waals surface area contributed by atoms with Crippen molar-refractivity contribution in [1.82, 2.24) is 3.97 Å². The van der Waals surface area contributed by atoms with E-state index in [1.807, 2.05) is 59.6 Å². The fraction of sp³-hybridized carbons (Fsp3) is 0.211. The maximum Gasteiger partial charge on any atom is 0.303 e. The molecule has 24 heavy (non-hydrogen) atoms. The SMILES string of the molecule is C=c1/c(=C\C(=C/C)OC)c(CCC(=O)O)cn1Sc1ccccc1. The first-order valence-corrected chi connectivity index (χ1v) is 8.39. The van der Waals surface area contributed by atoms with E-state index in [9.17, 15) is 4.79 Å². The van der Waals surface area contributed by atoms with Gasteiger partial charge in [-0.1, -0.05) is 24.8 Å². The summed E-state index contributed by atoms with van der Waals surface area (Å²) >= 11 is 1.55. The Morgan fingerprint density at radius 3 is 2.67 bits per heavy atom. The average Bonchev–Trinajstić information content (AvgIpc) is 2.87. The lowest BCUT2D eigenvalue weighted by atomic mass is 10.1. The third-order valence-electron chi connectivity index (χ3n) is 3.56. The third-order valence-corrected chi connectivity index (χ3v) is 4.56. The standard InChI is InChI=1S/C19H21NO3S/c1-4-16(23-3)12-18-14(2)20(13-15(18)10-11-19(21)22)24-17-8-6-5-7-9-17/h4-9,12-13H,2,10-11H2,1,3H3,(H,21,22)/b16-4+,18-12+. The number of nitrogens with zero attached hydrogens (tertiary/aromatic N) is 1. The smallest absolute Gasteiger partial charge is 0.303 e. The number of allylic oxidation sites excluding steroid dienone is 2. The van der Waals surface area contributed by atoms with Crippen LogP contribution < -0.4 is 10.6 Å². The number of rotatable bonds is 7. The van der Waals surface area contributed by atoms with Crippen molar-refractivity contribution in [3.05, 3.63) is 64.5 Å². The van der Waals surface area contributed by atoms with Crippen LogP contribution in [0.4, 0.5) is 0 Å². The highest BCUT2D eigenvalue weighted by atomic mass is 32.2. The van der Waals surface area contributed by atoms with Crippen LogP contribution in [0.3, 0.4) is 0 Å². The summed E-state index contributed by atoms with van der Waals surface area (Å²) in [5.41, 5.74) is 0.947. The van der Waals surface area contributed by atoms with E-state index in [4.69, 9.17) is 9.84 Å². The van der Waals surface area contributed by atoms with Crippen molar-refractivity contribution < 1.29 is 14.6 Å². The van der Waals surface area contributed by atoms with Gasteiger partial charge in [0, 0.05) is 22.7 Å². The molecule has 1 aromatic heterocycles. The van der Waals surface area contributed by atoms with Crippen LogP contribution in [0.2, 0.25) is 0 Å². The molecule has 1 heterocycles. The summed E-state index contributed by atoms with van der Waals surface area (Å²) in [6.07, 6.45) is 6.26. The second-order valence-electron chi connectivity index (χ2n) is 5.18. The Balaban J connectivity index is 2.46. The fourth-order valence-electron chi connectivity index (χ4n) is 2.29. The number of hydrogen-bond acceptors (Lipinski definition) is 3. The van der Waals surface area contributed by atoms with Crippen LogP contribution in [0, 0.1) is 0 Å². The third kappa shape index (κ3) is 4.55. The second kappa shape index (κ2) is 8.45. The zero-order valence-electron chi connectivity index (χ0n) is 13.9. The first-order chi connectivity index (χ1) is 11.5. The molecule has 0 fully saturated rings. The van der Waals surface area contributed by atoms with Crippen molar-refractivity contribution >= 4 is 30.6 Å². The molecule has 126 valence electrons. The number of carboxylic acids is 1. The van der Waals surface area contributed by atoms with E-state index in [2.05, 4.69) is 6.58 Å². The number of carboxylic acid groups (broad SMARTS) is 1. The van der Waals surface area contributed by atoms with Crippen LogP contribution in [0.15, 0.2) is 53.3 Å². The molecule has 0 aliphatic rings. The van der Waals surface area contributed by atoms with Crippen molar-refractivity contribution in [3.63, 3.8) is 0 Å². The predicted octanol–water partition coefficient (Wildman–Crippen LogP) is 2.80. The van der Waals surface area contributed by atoms with E-state index < -0.39 is 5.97 Å². The summed E-state index contributed by atoms with van der Waals surface area (Å²) in [6.45, 7) is 6.06. The minimum Gasteiger partial charge on any atom is -0.497 e. The van der Waals surface area contributed by atoms with Crippen molar-refractivity contribution in [2.75, 3.05) is 7.11 Å². The van der Waals surface area contributed by atoms with E-state index in [1.165, 1.54) is 0 Å². The van der Waals surface area contributed by atoms with Gasteiger partial charge in [-0.25, -0.2) is 0 Å². The number of benzene rings is 1. The molecule has 0 saturated carbocycles. The molecule has 1 aromatic carbocycles. The van der Waals surface area contributed by atoms with Crippen LogP contribution in [-0.2, 0) is 16.0 Å². The number of ether oxygens (including phenoxy) is 1. The van der Waals surface area contributed by atoms with E-state index in [0.29, 0.717) is 6.42 Å². The van der Waals surface area contributed by atoms with E-state index in [1.54, 1.807) is 19.1 Å². The van der Waals surface area contributed by atoms with Crippen molar-refractivity contribution in [2.24, 2.45) is 0 Å². The zero-order valence-corrected chi connectivity index (χ0v) is 14.7. The molecule has 0 saturated heterocycles. The van der Waals surface area contributed by atoms with Crippen LogP contribution in [0.5, 0.6) is 0 Å². The molecule has 5 heteroatoms. The molecule has 0 aliphatic carbocycles. The number of aryl methyl sites for hydroxylation is 1. The highest BCUT2D eigenvalue weighted by Crippen LogP contribution is 2.18. The maximum atomic E-state index is 10.9. The number of hydrogen-bond donors (Lipinski definition) is 1. The molecule has 2 rings (SSSR count). The summed E-state index contributed by atoms with van der Waals surface area (Å²) < 4.78 is 7.29. The van der Waals surface area contributed by atoms with Crippen LogP contribution in [0.1, 0.15) is 18.9 Å². The van der Waals surface area contributed by atoms with Crippen molar-refractivity contribution in [3.8, 4) is 0 Å². The summed E-state index contributed by atoms with van der Waals surface area (Å²) in [7, 11) is 1.61. The second-order valence-corrected chi connectivity index (χ2v) is 6.23. The minimum atomic E-state index is -0.812. The van der Waals surface area contributed by atoms with Gasteiger partial charge in [0.05, 0.1) is 12.5 Å². The van der Waals surface area contributed by atoms with Gasteiger partial charge in [-0.05, 0) is 55.1 Å². The minimum absolute atomic E-state index is 0.0818. The number of methoxy groups -OCH3 is 1. The fourth-order valence-corrected chi connectivity index (χ4v) is 3.18. The van der Waals surface area contributed by atoms with Gasteiger partial charge in [0.1, 0.15) is 5.76 Å². The van der Waals surface area contributed by atoms with Gasteiger partial charge in [-0.15, -0.1) is 0 Å². The molecule has 2 aromatic rings. The molecule has 0 amide bonds. The lowest BCUT2D eigenvalue weighted by Crippen LogP contribution is -2.27. The highest BCUT2D eigenvalue weighted by molar-refractivity contribution is 7.97. The van der Waals surface area contributed by atoms with E-state index >= 15 is 0 Å². The lowest BCUT2D eigenvalue weighted by molar-refractivity contribution is -0.136. The van der Waals surface area contributed by atoms with Crippen LogP contribution in [-0.4, -0.2) is 22.2 Å². The molecule has 0 aliphatic heterocycles. The Bertz CT molecular complexity index is 837. The molecule has 0 radical (unpaired) electrons. The number of carbonyl (C=O) groups is 1. The first-order valence-electron chi connectivity index (χ1n) is 7.61. The molecule has 0 atom stereocenters. The Morgan fingerprint density at radius 2 is 2.08 bits per heavy atom. The summed E-state index contributed by atoms with van der Waals surface area (Å²) in [5.74, 6) is -0.0908. The van der Waals surface area contributed by atoms with Crippen molar-refractivity contribution in [1.29, 1.82) is 0 Å². The van der Waals surface area contributed by atoms with Crippen LogP contribution in [0.25, 0.3) is 12.7 Å². The number of aromatic nitrogens is 1. The van der Waals surface area contributed by atoms with Gasteiger partial charge in [0.2, 0.25) is 0 Å². The Labute approximate surface area is 145 Å². The molecule has 4 nitrogen and oxygen atoms in total. The molecule has 0 spiro atoms. The molecule has 1 N–H and O–H groups in total. The van der Waals surface area contributed by atoms with E-state index in [-0.39, 0.29) is 6.42 Å². The van der Waals surface area contributed by atoms with Gasteiger partial charge in [0.15, 0.2) is 0 Å². The Kier molecular flexibility index (Phi) is 6.32. The first kappa shape index (κ1) is 17.9. The Hall–Kier alpha value is -2.40.